The van der Waals surface area contributed by atoms with Crippen LogP contribution in [0.1, 0.15) is 48.0 Å². The average molecular weight is 559 g/mol. The lowest BCUT2D eigenvalue weighted by atomic mass is 10.0. The molecule has 0 saturated carbocycles. The zero-order valence-corrected chi connectivity index (χ0v) is 22.9. The number of hydrogen-bond acceptors (Lipinski definition) is 7. The molecular formula is C27H31FN4O6S. The number of benzene rings is 1. The monoisotopic (exact) mass is 558 g/mol. The van der Waals surface area contributed by atoms with Crippen molar-refractivity contribution in [2.75, 3.05) is 31.2 Å². The highest BCUT2D eigenvalue weighted by molar-refractivity contribution is 7.92. The summed E-state index contributed by atoms with van der Waals surface area (Å²) in [5.41, 5.74) is 1.28. The Bertz CT molecular complexity index is 1500. The van der Waals surface area contributed by atoms with Gasteiger partial charge in [-0.25, -0.2) is 12.8 Å². The lowest BCUT2D eigenvalue weighted by molar-refractivity contribution is -0.134. The molecule has 1 aromatic carbocycles. The van der Waals surface area contributed by atoms with Crippen LogP contribution in [0.2, 0.25) is 0 Å². The number of sulfonamides is 1. The summed E-state index contributed by atoms with van der Waals surface area (Å²) in [6.07, 6.45) is 5.07. The van der Waals surface area contributed by atoms with E-state index >= 15 is 0 Å². The number of carbonyl (C=O) groups is 3. The number of rotatable bonds is 10. The number of carbonyl (C=O) groups excluding carboxylic acids is 3. The Morgan fingerprint density at radius 1 is 1.26 bits per heavy atom. The Morgan fingerprint density at radius 2 is 1.97 bits per heavy atom. The Labute approximate surface area is 226 Å². The first-order valence-corrected chi connectivity index (χ1v) is 14.5. The molecule has 0 bridgehead atoms. The fraction of sp³-hybridized carbons (Fsp3) is 0.407. The third-order valence-corrected chi connectivity index (χ3v) is 8.13. The molecule has 3 aromatic rings. The molecule has 10 nitrogen and oxygen atoms in total. The van der Waals surface area contributed by atoms with Crippen LogP contribution in [0, 0.1) is 5.82 Å². The van der Waals surface area contributed by atoms with Crippen LogP contribution in [0.15, 0.2) is 34.7 Å². The van der Waals surface area contributed by atoms with Gasteiger partial charge in [0.05, 0.1) is 23.2 Å². The molecule has 1 aliphatic heterocycles. The minimum absolute atomic E-state index is 0.0614. The van der Waals surface area contributed by atoms with E-state index in [9.17, 15) is 27.2 Å². The second-order valence-corrected chi connectivity index (χ2v) is 11.6. The zero-order chi connectivity index (χ0) is 28.3. The number of amides is 2. The van der Waals surface area contributed by atoms with Crippen molar-refractivity contribution >= 4 is 45.0 Å². The SMILES string of the molecule is CNC(=O)c1c(-c2ccc(F)cc2)oc2nc(N(C)S(C)(=O)=O)c(CCCCC(=O)N3CCC[C@H]3C=O)cc12. The highest BCUT2D eigenvalue weighted by atomic mass is 32.2. The Balaban J connectivity index is 1.68. The number of furan rings is 1. The van der Waals surface area contributed by atoms with Crippen LogP contribution in [-0.2, 0) is 26.0 Å². The highest BCUT2D eigenvalue weighted by Crippen LogP contribution is 2.36. The molecule has 3 heterocycles. The van der Waals surface area contributed by atoms with Crippen molar-refractivity contribution in [1.29, 1.82) is 0 Å². The Morgan fingerprint density at radius 3 is 2.62 bits per heavy atom. The number of aldehydes is 1. The van der Waals surface area contributed by atoms with Gasteiger partial charge in [0.15, 0.2) is 0 Å². The molecule has 1 atom stereocenters. The lowest BCUT2D eigenvalue weighted by Gasteiger charge is -2.21. The number of unbranched alkanes of at least 4 members (excludes halogenated alkanes) is 1. The third kappa shape index (κ3) is 5.95. The maximum Gasteiger partial charge on any atom is 0.255 e. The minimum Gasteiger partial charge on any atom is -0.437 e. The number of hydrogen-bond donors (Lipinski definition) is 1. The number of aryl methyl sites for hydroxylation is 1. The second kappa shape index (κ2) is 11.5. The van der Waals surface area contributed by atoms with E-state index in [4.69, 9.17) is 4.42 Å². The van der Waals surface area contributed by atoms with Crippen LogP contribution in [0.25, 0.3) is 22.4 Å². The van der Waals surface area contributed by atoms with Gasteiger partial charge in [0.2, 0.25) is 21.6 Å². The molecule has 1 N–H and O–H groups in total. The van der Waals surface area contributed by atoms with Crippen molar-refractivity contribution in [3.05, 3.63) is 47.3 Å². The number of fused-ring (bicyclic) bond motifs is 1. The van der Waals surface area contributed by atoms with Gasteiger partial charge in [0.25, 0.3) is 5.91 Å². The lowest BCUT2D eigenvalue weighted by Crippen LogP contribution is -2.36. The standard InChI is InChI=1S/C27H31FN4O6S/c1-29-26(35)23-21-15-18(7-4-5-9-22(34)32-14-6-8-20(32)16-33)25(31(2)39(3,36)37)30-27(21)38-24(23)17-10-12-19(28)13-11-17/h10-13,15-16,20H,4-9,14H2,1-3H3,(H,29,35)/t20-/m0/s1. The highest BCUT2D eigenvalue weighted by Gasteiger charge is 2.28. The number of anilines is 1. The molecule has 4 rings (SSSR count). The van der Waals surface area contributed by atoms with E-state index in [0.29, 0.717) is 48.7 Å². The predicted molar refractivity (Wildman–Crippen MR) is 144 cm³/mol. The summed E-state index contributed by atoms with van der Waals surface area (Å²) in [5.74, 6) is -0.625. The quantitative estimate of drug-likeness (QED) is 0.299. The van der Waals surface area contributed by atoms with Gasteiger partial charge in [0.1, 0.15) is 23.7 Å². The Kier molecular flexibility index (Phi) is 8.34. The van der Waals surface area contributed by atoms with Crippen LogP contribution in [0.3, 0.4) is 0 Å². The molecule has 2 amide bonds. The van der Waals surface area contributed by atoms with Gasteiger partial charge in [-0.1, -0.05) is 0 Å². The van der Waals surface area contributed by atoms with Crippen LogP contribution in [0.5, 0.6) is 0 Å². The van der Waals surface area contributed by atoms with E-state index in [1.54, 1.807) is 11.0 Å². The van der Waals surface area contributed by atoms with Crippen molar-refractivity contribution < 1.29 is 31.6 Å². The molecule has 0 radical (unpaired) electrons. The van der Waals surface area contributed by atoms with Crippen molar-refractivity contribution in [2.24, 2.45) is 0 Å². The van der Waals surface area contributed by atoms with E-state index in [1.807, 2.05) is 0 Å². The molecule has 1 saturated heterocycles. The number of nitrogens with zero attached hydrogens (tertiary/aromatic N) is 3. The summed E-state index contributed by atoms with van der Waals surface area (Å²) in [6.45, 7) is 0.575. The topological polar surface area (TPSA) is 130 Å². The number of halogens is 1. The zero-order valence-electron chi connectivity index (χ0n) is 22.1. The van der Waals surface area contributed by atoms with Crippen molar-refractivity contribution in [3.63, 3.8) is 0 Å². The van der Waals surface area contributed by atoms with Crippen LogP contribution in [-0.4, -0.2) is 69.3 Å². The summed E-state index contributed by atoms with van der Waals surface area (Å²) in [7, 11) is -0.822. The number of likely N-dealkylation sites (tertiary alicyclic amines) is 1. The van der Waals surface area contributed by atoms with Gasteiger partial charge in [-0.05, 0) is 68.0 Å². The maximum atomic E-state index is 13.5. The number of pyridine rings is 1. The normalized spacial score (nSPS) is 15.5. The summed E-state index contributed by atoms with van der Waals surface area (Å²) < 4.78 is 45.3. The van der Waals surface area contributed by atoms with E-state index in [1.165, 1.54) is 38.4 Å². The summed E-state index contributed by atoms with van der Waals surface area (Å²) in [4.78, 5) is 42.8. The van der Waals surface area contributed by atoms with E-state index in [-0.39, 0.29) is 41.2 Å². The largest absolute Gasteiger partial charge is 0.437 e. The van der Waals surface area contributed by atoms with Crippen molar-refractivity contribution in [2.45, 2.75) is 44.6 Å². The van der Waals surface area contributed by atoms with Crippen molar-refractivity contribution in [3.8, 4) is 11.3 Å². The molecule has 208 valence electrons. The van der Waals surface area contributed by atoms with Crippen LogP contribution < -0.4 is 9.62 Å². The third-order valence-electron chi connectivity index (χ3n) is 6.96. The minimum atomic E-state index is -3.68. The fourth-order valence-electron chi connectivity index (χ4n) is 4.80. The molecular weight excluding hydrogens is 527 g/mol. The molecule has 0 spiro atoms. The van der Waals surface area contributed by atoms with Gasteiger partial charge >= 0.3 is 0 Å². The second-order valence-electron chi connectivity index (χ2n) is 9.59. The smallest absolute Gasteiger partial charge is 0.255 e. The number of nitrogens with one attached hydrogen (secondary N) is 1. The van der Waals surface area contributed by atoms with Crippen LogP contribution >= 0.6 is 0 Å². The molecule has 1 aliphatic rings. The van der Waals surface area contributed by atoms with Gasteiger partial charge in [-0.15, -0.1) is 0 Å². The van der Waals surface area contributed by atoms with Crippen molar-refractivity contribution in [1.82, 2.24) is 15.2 Å². The molecule has 0 aliphatic carbocycles. The molecule has 1 fully saturated rings. The molecule has 0 unspecified atom stereocenters. The average Bonchev–Trinajstić information content (AvgIpc) is 3.54. The maximum absolute atomic E-state index is 13.5. The predicted octanol–water partition coefficient (Wildman–Crippen LogP) is 3.29. The van der Waals surface area contributed by atoms with E-state index < -0.39 is 21.7 Å². The summed E-state index contributed by atoms with van der Waals surface area (Å²) in [5, 5.41) is 2.97. The fourth-order valence-corrected chi connectivity index (χ4v) is 5.28. The summed E-state index contributed by atoms with van der Waals surface area (Å²) in [6, 6.07) is 6.79. The van der Waals surface area contributed by atoms with Gasteiger partial charge < -0.3 is 19.4 Å². The molecule has 39 heavy (non-hydrogen) atoms. The Hall–Kier alpha value is -3.80. The summed E-state index contributed by atoms with van der Waals surface area (Å²) >= 11 is 0. The van der Waals surface area contributed by atoms with Gasteiger partial charge in [-0.2, -0.15) is 4.98 Å². The molecule has 2 aromatic heterocycles. The van der Waals surface area contributed by atoms with Gasteiger partial charge in [0, 0.05) is 32.6 Å². The first-order valence-electron chi connectivity index (χ1n) is 12.7. The van der Waals surface area contributed by atoms with Gasteiger partial charge in [-0.3, -0.25) is 13.9 Å². The van der Waals surface area contributed by atoms with E-state index in [0.717, 1.165) is 23.3 Å². The number of aromatic nitrogens is 1. The first-order chi connectivity index (χ1) is 18.5. The van der Waals surface area contributed by atoms with Crippen LogP contribution in [0.4, 0.5) is 10.2 Å². The van der Waals surface area contributed by atoms with E-state index in [2.05, 4.69) is 10.3 Å². The molecule has 12 heteroatoms. The first kappa shape index (κ1) is 28.2.